The van der Waals surface area contributed by atoms with Crippen LogP contribution in [0.4, 0.5) is 4.39 Å². The minimum absolute atomic E-state index is 0.339. The lowest BCUT2D eigenvalue weighted by Gasteiger charge is -2.18. The van der Waals surface area contributed by atoms with Crippen molar-refractivity contribution < 1.29 is 4.39 Å². The van der Waals surface area contributed by atoms with E-state index in [9.17, 15) is 4.39 Å². The van der Waals surface area contributed by atoms with Gasteiger partial charge in [0.15, 0.2) is 0 Å². The van der Waals surface area contributed by atoms with Gasteiger partial charge < -0.3 is 0 Å². The van der Waals surface area contributed by atoms with Crippen LogP contribution < -0.4 is 11.3 Å². The van der Waals surface area contributed by atoms with Crippen LogP contribution >= 0.6 is 34.8 Å². The molecular formula is C14H12Cl3FN2. The van der Waals surface area contributed by atoms with E-state index in [2.05, 4.69) is 5.43 Å². The molecule has 106 valence electrons. The molecule has 0 aliphatic heterocycles. The fourth-order valence-corrected chi connectivity index (χ4v) is 2.59. The first-order valence-corrected chi connectivity index (χ1v) is 6.99. The number of nitrogens with two attached hydrogens (primary N) is 1. The van der Waals surface area contributed by atoms with Crippen molar-refractivity contribution in [1.82, 2.24) is 5.43 Å². The summed E-state index contributed by atoms with van der Waals surface area (Å²) in [6.45, 7) is 0. The minimum Gasteiger partial charge on any atom is -0.271 e. The zero-order valence-corrected chi connectivity index (χ0v) is 12.6. The lowest BCUT2D eigenvalue weighted by molar-refractivity contribution is 0.510. The summed E-state index contributed by atoms with van der Waals surface area (Å²) in [6, 6.07) is 9.23. The Labute approximate surface area is 131 Å². The summed E-state index contributed by atoms with van der Waals surface area (Å²) >= 11 is 17.7. The van der Waals surface area contributed by atoms with E-state index in [0.29, 0.717) is 27.1 Å². The van der Waals surface area contributed by atoms with Gasteiger partial charge in [-0.05, 0) is 36.2 Å². The average Bonchev–Trinajstić information content (AvgIpc) is 2.39. The number of hydrogen-bond acceptors (Lipinski definition) is 2. The summed E-state index contributed by atoms with van der Waals surface area (Å²) in [4.78, 5) is 0. The van der Waals surface area contributed by atoms with Crippen LogP contribution in [0.5, 0.6) is 0 Å². The van der Waals surface area contributed by atoms with Crippen LogP contribution in [-0.4, -0.2) is 0 Å². The molecule has 2 aromatic rings. The maximum Gasteiger partial charge on any atom is 0.129 e. The fourth-order valence-electron chi connectivity index (χ4n) is 1.95. The van der Waals surface area contributed by atoms with Gasteiger partial charge in [-0.25, -0.2) is 4.39 Å². The molecule has 0 radical (unpaired) electrons. The molecule has 0 aromatic heterocycles. The van der Waals surface area contributed by atoms with Crippen LogP contribution in [0, 0.1) is 5.82 Å². The third kappa shape index (κ3) is 3.62. The molecule has 0 spiro atoms. The van der Waals surface area contributed by atoms with E-state index in [1.165, 1.54) is 6.07 Å². The Balaban J connectivity index is 2.28. The Bertz CT molecular complexity index is 619. The maximum atomic E-state index is 13.9. The van der Waals surface area contributed by atoms with Gasteiger partial charge in [-0.2, -0.15) is 0 Å². The van der Waals surface area contributed by atoms with Crippen LogP contribution in [0.1, 0.15) is 17.2 Å². The molecule has 2 aromatic carbocycles. The quantitative estimate of drug-likeness (QED) is 0.637. The first kappa shape index (κ1) is 15.5. The molecular weight excluding hydrogens is 322 g/mol. The number of hydrogen-bond donors (Lipinski definition) is 2. The fraction of sp³-hybridized carbons (Fsp3) is 0.143. The average molecular weight is 334 g/mol. The van der Waals surface area contributed by atoms with E-state index in [4.69, 9.17) is 40.6 Å². The molecule has 2 nitrogen and oxygen atoms in total. The number of rotatable bonds is 4. The standard InChI is InChI=1S/C14H12Cl3FN2/c15-9-2-1-8(12(17)6-9)5-14(20-19)11-4-3-10(16)7-13(11)18/h1-4,6-7,14,20H,5,19H2. The third-order valence-corrected chi connectivity index (χ3v) is 3.80. The van der Waals surface area contributed by atoms with Gasteiger partial charge in [-0.3, -0.25) is 11.3 Å². The first-order chi connectivity index (χ1) is 9.51. The van der Waals surface area contributed by atoms with Gasteiger partial charge in [-0.15, -0.1) is 0 Å². The molecule has 2 rings (SSSR count). The highest BCUT2D eigenvalue weighted by Gasteiger charge is 2.16. The number of halogens is 4. The molecule has 0 fully saturated rings. The van der Waals surface area contributed by atoms with Crippen molar-refractivity contribution in [2.24, 2.45) is 5.84 Å². The molecule has 0 aliphatic rings. The molecule has 6 heteroatoms. The normalized spacial score (nSPS) is 12.4. The summed E-state index contributed by atoms with van der Waals surface area (Å²) in [6.07, 6.45) is 0.436. The van der Waals surface area contributed by atoms with Gasteiger partial charge in [0.1, 0.15) is 5.82 Å². The highest BCUT2D eigenvalue weighted by molar-refractivity contribution is 6.35. The summed E-state index contributed by atoms with van der Waals surface area (Å²) in [5, 5.41) is 1.41. The van der Waals surface area contributed by atoms with Gasteiger partial charge >= 0.3 is 0 Å². The first-order valence-electron chi connectivity index (χ1n) is 5.86. The largest absolute Gasteiger partial charge is 0.271 e. The second-order valence-corrected chi connectivity index (χ2v) is 5.61. The van der Waals surface area contributed by atoms with Crippen LogP contribution in [0.3, 0.4) is 0 Å². The van der Waals surface area contributed by atoms with Crippen molar-refractivity contribution in [3.63, 3.8) is 0 Å². The Morgan fingerprint density at radius 3 is 2.30 bits per heavy atom. The van der Waals surface area contributed by atoms with Gasteiger partial charge in [0, 0.05) is 20.6 Å². The van der Waals surface area contributed by atoms with E-state index >= 15 is 0 Å². The van der Waals surface area contributed by atoms with Crippen LogP contribution in [0.25, 0.3) is 0 Å². The van der Waals surface area contributed by atoms with E-state index in [-0.39, 0.29) is 0 Å². The van der Waals surface area contributed by atoms with Crippen LogP contribution in [0.15, 0.2) is 36.4 Å². The second-order valence-electron chi connectivity index (χ2n) is 4.32. The number of benzene rings is 2. The molecule has 20 heavy (non-hydrogen) atoms. The molecule has 0 saturated carbocycles. The summed E-state index contributed by atoms with van der Waals surface area (Å²) in [5.41, 5.74) is 3.85. The van der Waals surface area contributed by atoms with E-state index < -0.39 is 11.9 Å². The Morgan fingerprint density at radius 1 is 1.05 bits per heavy atom. The van der Waals surface area contributed by atoms with Gasteiger partial charge in [0.05, 0.1) is 6.04 Å². The Hall–Kier alpha value is -0.840. The van der Waals surface area contributed by atoms with Crippen LogP contribution in [-0.2, 0) is 6.42 Å². The SMILES string of the molecule is NNC(Cc1ccc(Cl)cc1Cl)c1ccc(Cl)cc1F. The molecule has 0 aliphatic carbocycles. The molecule has 0 bridgehead atoms. The third-order valence-electron chi connectivity index (χ3n) is 2.98. The molecule has 3 N–H and O–H groups in total. The van der Waals surface area contributed by atoms with Crippen molar-refractivity contribution >= 4 is 34.8 Å². The lowest BCUT2D eigenvalue weighted by Crippen LogP contribution is -2.30. The van der Waals surface area contributed by atoms with E-state index in [1.807, 2.05) is 0 Å². The van der Waals surface area contributed by atoms with Crippen molar-refractivity contribution in [3.8, 4) is 0 Å². The van der Waals surface area contributed by atoms with Gasteiger partial charge in [0.25, 0.3) is 0 Å². The number of hydrazine groups is 1. The van der Waals surface area contributed by atoms with Gasteiger partial charge in [0.2, 0.25) is 0 Å². The monoisotopic (exact) mass is 332 g/mol. The summed E-state index contributed by atoms with van der Waals surface area (Å²) in [7, 11) is 0. The van der Waals surface area contributed by atoms with Crippen molar-refractivity contribution in [3.05, 3.63) is 68.4 Å². The lowest BCUT2D eigenvalue weighted by atomic mass is 9.99. The van der Waals surface area contributed by atoms with Crippen LogP contribution in [0.2, 0.25) is 15.1 Å². The summed E-state index contributed by atoms with van der Waals surface area (Å²) in [5.74, 6) is 5.11. The molecule has 1 unspecified atom stereocenters. The van der Waals surface area contributed by atoms with Gasteiger partial charge in [-0.1, -0.05) is 46.9 Å². The highest BCUT2D eigenvalue weighted by atomic mass is 35.5. The number of nitrogens with one attached hydrogen (secondary N) is 1. The molecule has 1 atom stereocenters. The van der Waals surface area contributed by atoms with Crippen molar-refractivity contribution in [1.29, 1.82) is 0 Å². The molecule has 0 saturated heterocycles. The smallest absolute Gasteiger partial charge is 0.129 e. The molecule has 0 amide bonds. The van der Waals surface area contributed by atoms with E-state index in [1.54, 1.807) is 30.3 Å². The van der Waals surface area contributed by atoms with E-state index in [0.717, 1.165) is 5.56 Å². The van der Waals surface area contributed by atoms with Crippen molar-refractivity contribution in [2.45, 2.75) is 12.5 Å². The van der Waals surface area contributed by atoms with Crippen molar-refractivity contribution in [2.75, 3.05) is 0 Å². The Kier molecular flexibility index (Phi) is 5.24. The zero-order valence-electron chi connectivity index (χ0n) is 10.3. The second kappa shape index (κ2) is 6.74. The minimum atomic E-state index is -0.412. The predicted molar refractivity (Wildman–Crippen MR) is 81.6 cm³/mol. The maximum absolute atomic E-state index is 13.9. The molecule has 0 heterocycles. The summed E-state index contributed by atoms with van der Waals surface area (Å²) < 4.78 is 13.9. The zero-order chi connectivity index (χ0) is 14.7. The highest BCUT2D eigenvalue weighted by Crippen LogP contribution is 2.28. The Morgan fingerprint density at radius 2 is 1.70 bits per heavy atom. The predicted octanol–water partition coefficient (Wildman–Crippen LogP) is 4.53. The topological polar surface area (TPSA) is 38.0 Å².